The van der Waals surface area contributed by atoms with Gasteiger partial charge >= 0.3 is 5.97 Å². The first-order valence-corrected chi connectivity index (χ1v) is 5.91. The van der Waals surface area contributed by atoms with Crippen molar-refractivity contribution in [2.24, 2.45) is 7.05 Å². The molecule has 20 heavy (non-hydrogen) atoms. The number of carboxylic acids is 1. The van der Waals surface area contributed by atoms with Crippen LogP contribution < -0.4 is 14.9 Å². The second-order valence-electron chi connectivity index (χ2n) is 4.39. The minimum absolute atomic E-state index is 0.0327. The van der Waals surface area contributed by atoms with Crippen molar-refractivity contribution in [1.29, 1.82) is 0 Å². The molecule has 0 amide bonds. The molecule has 0 aliphatic heterocycles. The number of benzene rings is 1. The number of aromatic nitrogens is 1. The van der Waals surface area contributed by atoms with Crippen LogP contribution in [0.25, 0.3) is 10.9 Å². The summed E-state index contributed by atoms with van der Waals surface area (Å²) in [6.45, 7) is 1.50. The molecule has 1 aromatic heterocycles. The van der Waals surface area contributed by atoms with Gasteiger partial charge in [-0.25, -0.2) is 4.79 Å². The number of pyridine rings is 1. The van der Waals surface area contributed by atoms with Crippen molar-refractivity contribution in [3.63, 3.8) is 0 Å². The number of fused-ring (bicyclic) bond motifs is 1. The first-order chi connectivity index (χ1) is 9.42. The van der Waals surface area contributed by atoms with Gasteiger partial charge in [0, 0.05) is 24.1 Å². The molecular formula is C14H15NO5. The molecule has 1 heterocycles. The molecule has 6 heteroatoms. The minimum atomic E-state index is -1.14. The molecule has 0 saturated heterocycles. The molecule has 0 aliphatic rings. The van der Waals surface area contributed by atoms with Crippen LogP contribution in [0.5, 0.6) is 11.5 Å². The van der Waals surface area contributed by atoms with Gasteiger partial charge in [0.05, 0.1) is 19.7 Å². The highest BCUT2D eigenvalue weighted by Crippen LogP contribution is 2.31. The number of ether oxygens (including phenoxy) is 2. The number of aromatic carboxylic acids is 1. The number of nitrogens with zero attached hydrogens (tertiary/aromatic N) is 1. The summed E-state index contributed by atoms with van der Waals surface area (Å²) >= 11 is 0. The second-order valence-corrected chi connectivity index (χ2v) is 4.39. The van der Waals surface area contributed by atoms with Gasteiger partial charge in [0.15, 0.2) is 16.9 Å². The lowest BCUT2D eigenvalue weighted by molar-refractivity contribution is 0.0685. The quantitative estimate of drug-likeness (QED) is 0.921. The Morgan fingerprint density at radius 2 is 1.75 bits per heavy atom. The van der Waals surface area contributed by atoms with Crippen molar-refractivity contribution in [3.8, 4) is 11.5 Å². The Morgan fingerprint density at radius 3 is 2.25 bits per heavy atom. The van der Waals surface area contributed by atoms with Gasteiger partial charge in [-0.1, -0.05) is 0 Å². The third kappa shape index (κ3) is 1.89. The van der Waals surface area contributed by atoms with E-state index in [4.69, 9.17) is 9.47 Å². The van der Waals surface area contributed by atoms with Gasteiger partial charge < -0.3 is 19.1 Å². The van der Waals surface area contributed by atoms with Crippen LogP contribution in [0.1, 0.15) is 16.1 Å². The summed E-state index contributed by atoms with van der Waals surface area (Å²) in [5.41, 5.74) is 0.321. The first kappa shape index (κ1) is 13.9. The molecule has 0 radical (unpaired) electrons. The molecule has 6 nitrogen and oxygen atoms in total. The standard InChI is InChI=1S/C14H15NO5/c1-7-12(14(17)18)15(2)9-6-11(20-4)10(19-3)5-8(9)13(7)16/h5-6H,1-4H3,(H,17,18). The zero-order chi connectivity index (χ0) is 15.0. The number of hydrogen-bond acceptors (Lipinski definition) is 4. The van der Waals surface area contributed by atoms with E-state index in [2.05, 4.69) is 0 Å². The van der Waals surface area contributed by atoms with Crippen molar-refractivity contribution in [3.05, 3.63) is 33.6 Å². The predicted molar refractivity (Wildman–Crippen MR) is 74.0 cm³/mol. The SMILES string of the molecule is COc1cc2c(=O)c(C)c(C(=O)O)n(C)c2cc1OC. The van der Waals surface area contributed by atoms with E-state index < -0.39 is 5.97 Å². The molecule has 0 spiro atoms. The zero-order valence-electron chi connectivity index (χ0n) is 11.7. The van der Waals surface area contributed by atoms with E-state index in [-0.39, 0.29) is 16.7 Å². The van der Waals surface area contributed by atoms with Gasteiger partial charge in [-0.05, 0) is 13.0 Å². The third-order valence-corrected chi connectivity index (χ3v) is 3.34. The van der Waals surface area contributed by atoms with E-state index in [0.29, 0.717) is 22.4 Å². The summed E-state index contributed by atoms with van der Waals surface area (Å²) in [5, 5.41) is 9.64. The van der Waals surface area contributed by atoms with E-state index in [1.165, 1.54) is 25.7 Å². The smallest absolute Gasteiger partial charge is 0.352 e. The summed E-state index contributed by atoms with van der Waals surface area (Å²) in [4.78, 5) is 23.6. The summed E-state index contributed by atoms with van der Waals surface area (Å²) in [5.74, 6) is -0.270. The Morgan fingerprint density at radius 1 is 1.20 bits per heavy atom. The normalized spacial score (nSPS) is 10.6. The van der Waals surface area contributed by atoms with E-state index in [1.54, 1.807) is 19.2 Å². The Labute approximate surface area is 115 Å². The van der Waals surface area contributed by atoms with E-state index >= 15 is 0 Å². The zero-order valence-corrected chi connectivity index (χ0v) is 11.7. The van der Waals surface area contributed by atoms with Gasteiger partial charge in [0.25, 0.3) is 0 Å². The monoisotopic (exact) mass is 277 g/mol. The summed E-state index contributed by atoms with van der Waals surface area (Å²) in [7, 11) is 4.56. The van der Waals surface area contributed by atoms with Crippen molar-refractivity contribution in [2.45, 2.75) is 6.92 Å². The van der Waals surface area contributed by atoms with Gasteiger partial charge in [-0.3, -0.25) is 4.79 Å². The molecule has 0 unspecified atom stereocenters. The first-order valence-electron chi connectivity index (χ1n) is 5.91. The number of carbonyl (C=O) groups is 1. The summed E-state index contributed by atoms with van der Waals surface area (Å²) < 4.78 is 11.8. The van der Waals surface area contributed by atoms with Gasteiger partial charge in [-0.2, -0.15) is 0 Å². The molecule has 0 saturated carbocycles. The molecule has 106 valence electrons. The van der Waals surface area contributed by atoms with Crippen LogP contribution in [-0.4, -0.2) is 29.9 Å². The maximum Gasteiger partial charge on any atom is 0.352 e. The van der Waals surface area contributed by atoms with Crippen LogP contribution >= 0.6 is 0 Å². The molecule has 2 rings (SSSR count). The number of hydrogen-bond donors (Lipinski definition) is 1. The fourth-order valence-corrected chi connectivity index (χ4v) is 2.31. The fraction of sp³-hybridized carbons (Fsp3) is 0.286. The van der Waals surface area contributed by atoms with Crippen molar-refractivity contribution >= 4 is 16.9 Å². The highest BCUT2D eigenvalue weighted by Gasteiger charge is 2.19. The molecule has 0 aliphatic carbocycles. The lowest BCUT2D eigenvalue weighted by atomic mass is 10.1. The average molecular weight is 277 g/mol. The largest absolute Gasteiger partial charge is 0.493 e. The van der Waals surface area contributed by atoms with E-state index in [0.717, 1.165) is 0 Å². The molecule has 0 atom stereocenters. The number of aryl methyl sites for hydroxylation is 1. The lowest BCUT2D eigenvalue weighted by Crippen LogP contribution is -2.20. The maximum absolute atomic E-state index is 12.3. The second kappa shape index (κ2) is 4.88. The topological polar surface area (TPSA) is 77.8 Å². The molecule has 0 bridgehead atoms. The van der Waals surface area contributed by atoms with Crippen LogP contribution in [0.2, 0.25) is 0 Å². The average Bonchev–Trinajstić information content (AvgIpc) is 2.43. The maximum atomic E-state index is 12.3. The van der Waals surface area contributed by atoms with Crippen LogP contribution in [0.3, 0.4) is 0 Å². The Balaban J connectivity index is 3.01. The van der Waals surface area contributed by atoms with E-state index in [9.17, 15) is 14.7 Å². The highest BCUT2D eigenvalue weighted by atomic mass is 16.5. The summed E-state index contributed by atoms with van der Waals surface area (Å²) in [6.07, 6.45) is 0. The molecular weight excluding hydrogens is 262 g/mol. The molecule has 0 fully saturated rings. The number of methoxy groups -OCH3 is 2. The highest BCUT2D eigenvalue weighted by molar-refractivity contribution is 5.93. The van der Waals surface area contributed by atoms with Gasteiger partial charge in [0.2, 0.25) is 0 Å². The van der Waals surface area contributed by atoms with Crippen LogP contribution in [0.15, 0.2) is 16.9 Å². The third-order valence-electron chi connectivity index (χ3n) is 3.34. The number of rotatable bonds is 3. The van der Waals surface area contributed by atoms with Crippen LogP contribution in [0.4, 0.5) is 0 Å². The summed E-state index contributed by atoms with van der Waals surface area (Å²) in [6, 6.07) is 3.16. The van der Waals surface area contributed by atoms with Gasteiger partial charge in [-0.15, -0.1) is 0 Å². The Kier molecular flexibility index (Phi) is 3.40. The van der Waals surface area contributed by atoms with Crippen LogP contribution in [0, 0.1) is 6.92 Å². The van der Waals surface area contributed by atoms with Crippen LogP contribution in [-0.2, 0) is 7.05 Å². The predicted octanol–water partition coefficient (Wildman–Crippen LogP) is 1.56. The minimum Gasteiger partial charge on any atom is -0.493 e. The Bertz CT molecular complexity index is 760. The molecule has 2 aromatic rings. The fourth-order valence-electron chi connectivity index (χ4n) is 2.31. The molecule has 1 N–H and O–H groups in total. The van der Waals surface area contributed by atoms with Crippen molar-refractivity contribution in [2.75, 3.05) is 14.2 Å². The van der Waals surface area contributed by atoms with Gasteiger partial charge in [0.1, 0.15) is 5.69 Å². The van der Waals surface area contributed by atoms with Crippen molar-refractivity contribution < 1.29 is 19.4 Å². The molecule has 1 aromatic carbocycles. The van der Waals surface area contributed by atoms with Crippen molar-refractivity contribution in [1.82, 2.24) is 4.57 Å². The lowest BCUT2D eigenvalue weighted by Gasteiger charge is -2.15. The Hall–Kier alpha value is -2.50. The van der Waals surface area contributed by atoms with E-state index in [1.807, 2.05) is 0 Å². The number of carboxylic acid groups (broad SMARTS) is 1.